The van der Waals surface area contributed by atoms with Crippen LogP contribution in [0.15, 0.2) is 18.7 Å². The van der Waals surface area contributed by atoms with E-state index in [-0.39, 0.29) is 11.9 Å². The lowest BCUT2D eigenvalue weighted by Gasteiger charge is -2.17. The van der Waals surface area contributed by atoms with Crippen LogP contribution in [0.4, 0.5) is 0 Å². The second-order valence-electron chi connectivity index (χ2n) is 4.06. The maximum Gasteiger partial charge on any atom is 0.237 e. The summed E-state index contributed by atoms with van der Waals surface area (Å²) in [6.07, 6.45) is 5.81. The van der Waals surface area contributed by atoms with Gasteiger partial charge in [0.2, 0.25) is 5.91 Å². The number of hydrogen-bond acceptors (Lipinski definition) is 4. The molecule has 0 aliphatic heterocycles. The van der Waals surface area contributed by atoms with Crippen LogP contribution in [0, 0.1) is 0 Å². The highest BCUT2D eigenvalue weighted by molar-refractivity contribution is 5.81. The summed E-state index contributed by atoms with van der Waals surface area (Å²) in [6.45, 7) is 3.11. The van der Waals surface area contributed by atoms with E-state index in [0.29, 0.717) is 19.6 Å². The molecule has 6 heteroatoms. The standard InChI is InChI=1S/C11H20N4O2/c1-9(7-15-5-4-13-8-15)14-11(16)10(12)3-6-17-2/h4-5,8-10H,3,6-7,12H2,1-2H3,(H,14,16). The number of hydrogen-bond donors (Lipinski definition) is 2. The molecule has 96 valence electrons. The van der Waals surface area contributed by atoms with Crippen molar-refractivity contribution in [2.45, 2.75) is 32.0 Å². The second-order valence-corrected chi connectivity index (χ2v) is 4.06. The van der Waals surface area contributed by atoms with E-state index in [4.69, 9.17) is 10.5 Å². The first-order valence-electron chi connectivity index (χ1n) is 5.64. The summed E-state index contributed by atoms with van der Waals surface area (Å²) in [5, 5.41) is 2.86. The first-order chi connectivity index (χ1) is 8.13. The van der Waals surface area contributed by atoms with E-state index in [1.807, 2.05) is 17.7 Å². The summed E-state index contributed by atoms with van der Waals surface area (Å²) in [5.41, 5.74) is 5.71. The molecule has 0 bridgehead atoms. The lowest BCUT2D eigenvalue weighted by molar-refractivity contribution is -0.123. The average molecular weight is 240 g/mol. The number of nitrogens with two attached hydrogens (primary N) is 1. The van der Waals surface area contributed by atoms with E-state index in [1.54, 1.807) is 19.6 Å². The van der Waals surface area contributed by atoms with Gasteiger partial charge in [0.05, 0.1) is 12.4 Å². The van der Waals surface area contributed by atoms with Crippen molar-refractivity contribution in [2.24, 2.45) is 5.73 Å². The fourth-order valence-electron chi connectivity index (χ4n) is 1.48. The lowest BCUT2D eigenvalue weighted by Crippen LogP contribution is -2.46. The zero-order valence-corrected chi connectivity index (χ0v) is 10.3. The summed E-state index contributed by atoms with van der Waals surface area (Å²) in [4.78, 5) is 15.6. The Morgan fingerprint density at radius 1 is 1.65 bits per heavy atom. The Hall–Kier alpha value is -1.40. The number of carbonyl (C=O) groups excluding carboxylic acids is 1. The van der Waals surface area contributed by atoms with Gasteiger partial charge in [-0.3, -0.25) is 4.79 Å². The van der Waals surface area contributed by atoms with Crippen LogP contribution in [-0.4, -0.2) is 41.3 Å². The molecule has 0 aromatic carbocycles. The number of ether oxygens (including phenoxy) is 1. The van der Waals surface area contributed by atoms with Crippen molar-refractivity contribution in [3.8, 4) is 0 Å². The van der Waals surface area contributed by atoms with Gasteiger partial charge in [-0.1, -0.05) is 0 Å². The molecular formula is C11H20N4O2. The molecule has 1 amide bonds. The van der Waals surface area contributed by atoms with Crippen LogP contribution < -0.4 is 11.1 Å². The van der Waals surface area contributed by atoms with E-state index in [2.05, 4.69) is 10.3 Å². The third-order valence-electron chi connectivity index (χ3n) is 2.40. The first kappa shape index (κ1) is 13.7. The Labute approximate surface area is 101 Å². The van der Waals surface area contributed by atoms with Crippen molar-refractivity contribution in [3.63, 3.8) is 0 Å². The van der Waals surface area contributed by atoms with Gasteiger partial charge in [-0.2, -0.15) is 0 Å². The molecule has 0 saturated heterocycles. The number of amides is 1. The average Bonchev–Trinajstić information content (AvgIpc) is 2.78. The molecule has 1 heterocycles. The van der Waals surface area contributed by atoms with Gasteiger partial charge in [0.1, 0.15) is 0 Å². The van der Waals surface area contributed by atoms with Gasteiger partial charge in [-0.25, -0.2) is 4.98 Å². The summed E-state index contributed by atoms with van der Waals surface area (Å²) in [6, 6.07) is -0.495. The molecule has 0 aliphatic rings. The predicted octanol–water partition coefficient (Wildman–Crippen LogP) is -0.248. The maximum absolute atomic E-state index is 11.7. The monoisotopic (exact) mass is 240 g/mol. The van der Waals surface area contributed by atoms with E-state index >= 15 is 0 Å². The minimum absolute atomic E-state index is 0.0188. The van der Waals surface area contributed by atoms with E-state index in [1.165, 1.54) is 0 Å². The Kier molecular flexibility index (Phi) is 5.65. The van der Waals surface area contributed by atoms with Gasteiger partial charge in [0.15, 0.2) is 0 Å². The molecule has 1 rings (SSSR count). The zero-order chi connectivity index (χ0) is 12.7. The molecule has 1 aromatic heterocycles. The van der Waals surface area contributed by atoms with Crippen LogP contribution in [0.3, 0.4) is 0 Å². The van der Waals surface area contributed by atoms with Crippen molar-refractivity contribution in [1.82, 2.24) is 14.9 Å². The van der Waals surface area contributed by atoms with Gasteiger partial charge in [0, 0.05) is 38.7 Å². The lowest BCUT2D eigenvalue weighted by atomic mass is 10.2. The molecule has 0 spiro atoms. The number of aromatic nitrogens is 2. The first-order valence-corrected chi connectivity index (χ1v) is 5.64. The zero-order valence-electron chi connectivity index (χ0n) is 10.3. The highest BCUT2D eigenvalue weighted by atomic mass is 16.5. The summed E-state index contributed by atoms with van der Waals surface area (Å²) >= 11 is 0. The molecular weight excluding hydrogens is 220 g/mol. The number of rotatable bonds is 7. The van der Waals surface area contributed by atoms with E-state index < -0.39 is 6.04 Å². The third kappa shape index (κ3) is 4.97. The summed E-state index contributed by atoms with van der Waals surface area (Å²) < 4.78 is 6.79. The molecule has 0 saturated carbocycles. The number of nitrogens with zero attached hydrogens (tertiary/aromatic N) is 2. The van der Waals surface area contributed by atoms with Crippen molar-refractivity contribution >= 4 is 5.91 Å². The van der Waals surface area contributed by atoms with Gasteiger partial charge < -0.3 is 20.4 Å². The fourth-order valence-corrected chi connectivity index (χ4v) is 1.48. The van der Waals surface area contributed by atoms with Crippen molar-refractivity contribution in [2.75, 3.05) is 13.7 Å². The number of nitrogens with one attached hydrogen (secondary N) is 1. The maximum atomic E-state index is 11.7. The molecule has 0 fully saturated rings. The molecule has 17 heavy (non-hydrogen) atoms. The molecule has 3 N–H and O–H groups in total. The quantitative estimate of drug-likeness (QED) is 0.688. The smallest absolute Gasteiger partial charge is 0.237 e. The number of imidazole rings is 1. The fraction of sp³-hybridized carbons (Fsp3) is 0.636. The van der Waals surface area contributed by atoms with E-state index in [0.717, 1.165) is 0 Å². The molecule has 6 nitrogen and oxygen atoms in total. The van der Waals surface area contributed by atoms with Gasteiger partial charge >= 0.3 is 0 Å². The Balaban J connectivity index is 2.30. The molecule has 1 aromatic rings. The van der Waals surface area contributed by atoms with Crippen LogP contribution in [0.2, 0.25) is 0 Å². The Bertz CT molecular complexity index is 326. The molecule has 2 atom stereocenters. The van der Waals surface area contributed by atoms with Crippen molar-refractivity contribution < 1.29 is 9.53 Å². The third-order valence-corrected chi connectivity index (χ3v) is 2.40. The predicted molar refractivity (Wildman–Crippen MR) is 64.3 cm³/mol. The normalized spacial score (nSPS) is 14.3. The highest BCUT2D eigenvalue weighted by Crippen LogP contribution is 1.94. The van der Waals surface area contributed by atoms with Crippen LogP contribution in [0.5, 0.6) is 0 Å². The largest absolute Gasteiger partial charge is 0.385 e. The molecule has 0 aliphatic carbocycles. The van der Waals surface area contributed by atoms with Crippen molar-refractivity contribution in [1.29, 1.82) is 0 Å². The molecule has 2 unspecified atom stereocenters. The minimum atomic E-state index is -0.514. The minimum Gasteiger partial charge on any atom is -0.385 e. The molecule has 0 radical (unpaired) electrons. The van der Waals surface area contributed by atoms with Crippen LogP contribution in [-0.2, 0) is 16.1 Å². The van der Waals surface area contributed by atoms with Crippen LogP contribution in [0.1, 0.15) is 13.3 Å². The number of carbonyl (C=O) groups is 1. The Morgan fingerprint density at radius 3 is 3.00 bits per heavy atom. The second kappa shape index (κ2) is 7.03. The van der Waals surface area contributed by atoms with Crippen LogP contribution in [0.25, 0.3) is 0 Å². The van der Waals surface area contributed by atoms with E-state index in [9.17, 15) is 4.79 Å². The van der Waals surface area contributed by atoms with Crippen LogP contribution >= 0.6 is 0 Å². The number of methoxy groups -OCH3 is 1. The summed E-state index contributed by atoms with van der Waals surface area (Å²) in [7, 11) is 1.59. The van der Waals surface area contributed by atoms with Gasteiger partial charge in [-0.15, -0.1) is 0 Å². The highest BCUT2D eigenvalue weighted by Gasteiger charge is 2.15. The van der Waals surface area contributed by atoms with Gasteiger partial charge in [-0.05, 0) is 13.3 Å². The summed E-state index contributed by atoms with van der Waals surface area (Å²) in [5.74, 6) is -0.144. The topological polar surface area (TPSA) is 82.2 Å². The van der Waals surface area contributed by atoms with Crippen molar-refractivity contribution in [3.05, 3.63) is 18.7 Å². The van der Waals surface area contributed by atoms with Gasteiger partial charge in [0.25, 0.3) is 0 Å². The SMILES string of the molecule is COCCC(N)C(=O)NC(C)Cn1ccnc1. The Morgan fingerprint density at radius 2 is 2.41 bits per heavy atom.